The number of carbonyl (C=O) groups is 1. The summed E-state index contributed by atoms with van der Waals surface area (Å²) in [4.78, 5) is 10.5. The molecule has 0 aliphatic rings. The molecule has 0 bridgehead atoms. The van der Waals surface area contributed by atoms with E-state index in [1.165, 1.54) is 5.56 Å². The molecular formula is C12H17NO2. The topological polar surface area (TPSA) is 49.3 Å². The molecule has 0 heterocycles. The number of carboxylic acid groups (broad SMARTS) is 1. The van der Waals surface area contributed by atoms with Gasteiger partial charge in [0.2, 0.25) is 0 Å². The fourth-order valence-electron chi connectivity index (χ4n) is 1.59. The van der Waals surface area contributed by atoms with Crippen molar-refractivity contribution in [2.45, 2.75) is 32.4 Å². The van der Waals surface area contributed by atoms with Crippen LogP contribution in [0.1, 0.15) is 31.9 Å². The van der Waals surface area contributed by atoms with Gasteiger partial charge in [0.05, 0.1) is 6.42 Å². The van der Waals surface area contributed by atoms with Crippen molar-refractivity contribution in [3.63, 3.8) is 0 Å². The Hall–Kier alpha value is -1.35. The van der Waals surface area contributed by atoms with E-state index in [4.69, 9.17) is 5.11 Å². The maximum Gasteiger partial charge on any atom is 0.304 e. The Morgan fingerprint density at radius 1 is 1.33 bits per heavy atom. The van der Waals surface area contributed by atoms with Crippen LogP contribution in [0.4, 0.5) is 0 Å². The van der Waals surface area contributed by atoms with Gasteiger partial charge < -0.3 is 10.4 Å². The third kappa shape index (κ3) is 4.13. The van der Waals surface area contributed by atoms with Crippen molar-refractivity contribution in [3.05, 3.63) is 35.9 Å². The van der Waals surface area contributed by atoms with Crippen LogP contribution >= 0.6 is 0 Å². The molecule has 0 radical (unpaired) electrons. The number of carboxylic acids is 1. The number of aliphatic carboxylic acids is 1. The average molecular weight is 207 g/mol. The van der Waals surface area contributed by atoms with Gasteiger partial charge in [0.1, 0.15) is 0 Å². The molecule has 2 N–H and O–H groups in total. The van der Waals surface area contributed by atoms with E-state index in [2.05, 4.69) is 5.32 Å². The van der Waals surface area contributed by atoms with E-state index >= 15 is 0 Å². The molecule has 3 heteroatoms. The lowest BCUT2D eigenvalue weighted by Gasteiger charge is -2.18. The predicted octanol–water partition coefficient (Wildman–Crippen LogP) is 2.20. The maximum atomic E-state index is 10.5. The van der Waals surface area contributed by atoms with Crippen molar-refractivity contribution in [2.24, 2.45) is 0 Å². The molecule has 2 atom stereocenters. The highest BCUT2D eigenvalue weighted by atomic mass is 16.4. The lowest BCUT2D eigenvalue weighted by atomic mass is 10.1. The fraction of sp³-hybridized carbons (Fsp3) is 0.417. The van der Waals surface area contributed by atoms with Gasteiger partial charge in [-0.15, -0.1) is 0 Å². The molecular weight excluding hydrogens is 190 g/mol. The summed E-state index contributed by atoms with van der Waals surface area (Å²) < 4.78 is 0. The van der Waals surface area contributed by atoms with Crippen LogP contribution in [0.15, 0.2) is 30.3 Å². The highest BCUT2D eigenvalue weighted by molar-refractivity contribution is 5.67. The van der Waals surface area contributed by atoms with Crippen LogP contribution in [0.3, 0.4) is 0 Å². The third-order valence-electron chi connectivity index (χ3n) is 2.31. The zero-order valence-corrected chi connectivity index (χ0v) is 9.10. The second-order valence-electron chi connectivity index (χ2n) is 3.80. The van der Waals surface area contributed by atoms with Crippen molar-refractivity contribution < 1.29 is 9.90 Å². The van der Waals surface area contributed by atoms with E-state index in [0.717, 1.165) is 0 Å². The van der Waals surface area contributed by atoms with Gasteiger partial charge in [0, 0.05) is 12.1 Å². The van der Waals surface area contributed by atoms with Crippen LogP contribution in [-0.4, -0.2) is 17.1 Å². The van der Waals surface area contributed by atoms with Crippen LogP contribution in [0, 0.1) is 0 Å². The van der Waals surface area contributed by atoms with Crippen molar-refractivity contribution >= 4 is 5.97 Å². The summed E-state index contributed by atoms with van der Waals surface area (Å²) in [5.74, 6) is -0.768. The smallest absolute Gasteiger partial charge is 0.304 e. The van der Waals surface area contributed by atoms with Crippen LogP contribution in [0.25, 0.3) is 0 Å². The Kier molecular flexibility index (Phi) is 4.31. The molecule has 0 fully saturated rings. The first-order chi connectivity index (χ1) is 7.09. The molecule has 0 aliphatic heterocycles. The summed E-state index contributed by atoms with van der Waals surface area (Å²) in [6.45, 7) is 3.92. The number of nitrogens with one attached hydrogen (secondary N) is 1. The van der Waals surface area contributed by atoms with E-state index in [9.17, 15) is 4.79 Å². The van der Waals surface area contributed by atoms with Crippen LogP contribution in [0.2, 0.25) is 0 Å². The Morgan fingerprint density at radius 2 is 1.93 bits per heavy atom. The van der Waals surface area contributed by atoms with E-state index in [-0.39, 0.29) is 18.5 Å². The zero-order valence-electron chi connectivity index (χ0n) is 9.10. The van der Waals surface area contributed by atoms with Gasteiger partial charge in [-0.05, 0) is 19.4 Å². The first-order valence-corrected chi connectivity index (χ1v) is 5.12. The minimum Gasteiger partial charge on any atom is -0.481 e. The van der Waals surface area contributed by atoms with Gasteiger partial charge in [-0.2, -0.15) is 0 Å². The molecule has 0 aliphatic carbocycles. The average Bonchev–Trinajstić information content (AvgIpc) is 2.17. The Morgan fingerprint density at radius 3 is 2.47 bits per heavy atom. The monoisotopic (exact) mass is 207 g/mol. The van der Waals surface area contributed by atoms with E-state index in [0.29, 0.717) is 0 Å². The molecule has 1 rings (SSSR count). The van der Waals surface area contributed by atoms with E-state index in [1.807, 2.05) is 44.2 Å². The largest absolute Gasteiger partial charge is 0.481 e. The van der Waals surface area contributed by atoms with Gasteiger partial charge in [0.25, 0.3) is 0 Å². The summed E-state index contributed by atoms with van der Waals surface area (Å²) in [5, 5.41) is 11.9. The molecule has 0 saturated carbocycles. The fourth-order valence-corrected chi connectivity index (χ4v) is 1.59. The second kappa shape index (κ2) is 5.51. The Bertz CT molecular complexity index is 311. The van der Waals surface area contributed by atoms with E-state index < -0.39 is 5.97 Å². The lowest BCUT2D eigenvalue weighted by molar-refractivity contribution is -0.137. The zero-order chi connectivity index (χ0) is 11.3. The molecule has 1 aromatic rings. The van der Waals surface area contributed by atoms with Gasteiger partial charge >= 0.3 is 5.97 Å². The van der Waals surface area contributed by atoms with Gasteiger partial charge in [0.15, 0.2) is 0 Å². The summed E-state index contributed by atoms with van der Waals surface area (Å²) in [7, 11) is 0. The lowest BCUT2D eigenvalue weighted by Crippen LogP contribution is -2.30. The molecule has 82 valence electrons. The van der Waals surface area contributed by atoms with Crippen LogP contribution in [0.5, 0.6) is 0 Å². The summed E-state index contributed by atoms with van der Waals surface area (Å²) >= 11 is 0. The minimum atomic E-state index is -0.768. The van der Waals surface area contributed by atoms with Gasteiger partial charge in [-0.25, -0.2) is 0 Å². The van der Waals surface area contributed by atoms with Crippen molar-refractivity contribution in [1.82, 2.24) is 5.32 Å². The molecule has 0 spiro atoms. The third-order valence-corrected chi connectivity index (χ3v) is 2.31. The molecule has 15 heavy (non-hydrogen) atoms. The molecule has 0 aromatic heterocycles. The van der Waals surface area contributed by atoms with Gasteiger partial charge in [-0.1, -0.05) is 30.3 Å². The Balaban J connectivity index is 2.49. The normalized spacial score (nSPS) is 14.5. The van der Waals surface area contributed by atoms with Crippen LogP contribution < -0.4 is 5.32 Å². The standard InChI is InChI=1S/C12H17NO2/c1-9(8-12(14)15)13-10(2)11-6-4-3-5-7-11/h3-7,9-10,13H,8H2,1-2H3,(H,14,15)/t9?,10-/m0/s1. The highest BCUT2D eigenvalue weighted by Gasteiger charge is 2.11. The minimum absolute atomic E-state index is 0.0160. The number of rotatable bonds is 5. The van der Waals surface area contributed by atoms with Crippen molar-refractivity contribution in [2.75, 3.05) is 0 Å². The molecule has 3 nitrogen and oxygen atoms in total. The molecule has 1 unspecified atom stereocenters. The number of hydrogen-bond acceptors (Lipinski definition) is 2. The summed E-state index contributed by atoms with van der Waals surface area (Å²) in [5.41, 5.74) is 1.18. The number of hydrogen-bond donors (Lipinski definition) is 2. The highest BCUT2D eigenvalue weighted by Crippen LogP contribution is 2.12. The predicted molar refractivity (Wildman–Crippen MR) is 59.7 cm³/mol. The van der Waals surface area contributed by atoms with E-state index in [1.54, 1.807) is 0 Å². The first kappa shape index (κ1) is 11.7. The molecule has 0 amide bonds. The van der Waals surface area contributed by atoms with Crippen molar-refractivity contribution in [3.8, 4) is 0 Å². The van der Waals surface area contributed by atoms with Gasteiger partial charge in [-0.3, -0.25) is 4.79 Å². The van der Waals surface area contributed by atoms with Crippen LogP contribution in [-0.2, 0) is 4.79 Å². The number of benzene rings is 1. The molecule has 1 aromatic carbocycles. The Labute approximate surface area is 90.1 Å². The quantitative estimate of drug-likeness (QED) is 0.778. The SMILES string of the molecule is CC(CC(=O)O)N[C@@H](C)c1ccccc1. The summed E-state index contributed by atoms with van der Waals surface area (Å²) in [6, 6.07) is 10.2. The maximum absolute atomic E-state index is 10.5. The van der Waals surface area contributed by atoms with Crippen molar-refractivity contribution in [1.29, 1.82) is 0 Å². The second-order valence-corrected chi connectivity index (χ2v) is 3.80. The summed E-state index contributed by atoms with van der Waals surface area (Å²) in [6.07, 6.45) is 0.150. The first-order valence-electron chi connectivity index (χ1n) is 5.12. The molecule has 0 saturated heterocycles.